The quantitative estimate of drug-likeness (QED) is 0.743. The molecule has 0 atom stereocenters. The van der Waals surface area contributed by atoms with Crippen LogP contribution in [0.3, 0.4) is 0 Å². The first-order valence-corrected chi connectivity index (χ1v) is 5.13. The SMILES string of the molecule is CCCn1cc(CNC2CC2)cn1. The number of rotatable bonds is 5. The predicted molar refractivity (Wildman–Crippen MR) is 52.4 cm³/mol. The van der Waals surface area contributed by atoms with Crippen LogP contribution in [0.25, 0.3) is 0 Å². The average molecular weight is 179 g/mol. The lowest BCUT2D eigenvalue weighted by atomic mass is 10.3. The summed E-state index contributed by atoms with van der Waals surface area (Å²) in [6.45, 7) is 4.18. The lowest BCUT2D eigenvalue weighted by Gasteiger charge is -1.98. The zero-order valence-electron chi connectivity index (χ0n) is 8.16. The molecule has 0 unspecified atom stereocenters. The monoisotopic (exact) mass is 179 g/mol. The van der Waals surface area contributed by atoms with Gasteiger partial charge >= 0.3 is 0 Å². The molecule has 72 valence electrons. The summed E-state index contributed by atoms with van der Waals surface area (Å²) in [5.74, 6) is 0. The Kier molecular flexibility index (Phi) is 2.64. The predicted octanol–water partition coefficient (Wildman–Crippen LogP) is 1.55. The molecule has 1 aromatic rings. The molecule has 1 aliphatic rings. The van der Waals surface area contributed by atoms with Gasteiger partial charge in [0.15, 0.2) is 0 Å². The molecule has 3 nitrogen and oxygen atoms in total. The molecule has 3 heteroatoms. The lowest BCUT2D eigenvalue weighted by molar-refractivity contribution is 0.601. The van der Waals surface area contributed by atoms with Crippen LogP contribution in [-0.2, 0) is 13.1 Å². The normalized spacial score (nSPS) is 16.4. The lowest BCUT2D eigenvalue weighted by Crippen LogP contribution is -2.14. The second-order valence-corrected chi connectivity index (χ2v) is 3.77. The Balaban J connectivity index is 1.81. The zero-order valence-corrected chi connectivity index (χ0v) is 8.16. The van der Waals surface area contributed by atoms with E-state index >= 15 is 0 Å². The van der Waals surface area contributed by atoms with Gasteiger partial charge in [0.05, 0.1) is 6.20 Å². The molecule has 0 aromatic carbocycles. The van der Waals surface area contributed by atoms with Crippen molar-refractivity contribution in [3.63, 3.8) is 0 Å². The Morgan fingerprint density at radius 2 is 2.46 bits per heavy atom. The van der Waals surface area contributed by atoms with Gasteiger partial charge < -0.3 is 5.32 Å². The summed E-state index contributed by atoms with van der Waals surface area (Å²) >= 11 is 0. The van der Waals surface area contributed by atoms with Gasteiger partial charge in [0.2, 0.25) is 0 Å². The third-order valence-corrected chi connectivity index (χ3v) is 2.31. The van der Waals surface area contributed by atoms with Gasteiger partial charge in [-0.2, -0.15) is 5.10 Å². The van der Waals surface area contributed by atoms with Crippen LogP contribution in [0.2, 0.25) is 0 Å². The first-order chi connectivity index (χ1) is 6.38. The van der Waals surface area contributed by atoms with Crippen LogP contribution in [0.5, 0.6) is 0 Å². The fourth-order valence-corrected chi connectivity index (χ4v) is 1.40. The van der Waals surface area contributed by atoms with E-state index in [-0.39, 0.29) is 0 Å². The molecular formula is C10H17N3. The highest BCUT2D eigenvalue weighted by Crippen LogP contribution is 2.19. The minimum atomic E-state index is 0.787. The van der Waals surface area contributed by atoms with Crippen LogP contribution in [-0.4, -0.2) is 15.8 Å². The molecule has 0 radical (unpaired) electrons. The smallest absolute Gasteiger partial charge is 0.0534 e. The number of aromatic nitrogens is 2. The summed E-state index contributed by atoms with van der Waals surface area (Å²) in [7, 11) is 0. The van der Waals surface area contributed by atoms with E-state index in [1.165, 1.54) is 18.4 Å². The van der Waals surface area contributed by atoms with Crippen LogP contribution >= 0.6 is 0 Å². The molecule has 0 bridgehead atoms. The van der Waals surface area contributed by atoms with Crippen LogP contribution in [0, 0.1) is 0 Å². The van der Waals surface area contributed by atoms with Crippen molar-refractivity contribution in [3.05, 3.63) is 18.0 Å². The van der Waals surface area contributed by atoms with Crippen molar-refractivity contribution in [2.45, 2.75) is 45.3 Å². The van der Waals surface area contributed by atoms with E-state index in [1.807, 2.05) is 10.9 Å². The molecular weight excluding hydrogens is 162 g/mol. The molecule has 0 amide bonds. The molecule has 1 heterocycles. The average Bonchev–Trinajstić information content (AvgIpc) is 2.85. The van der Waals surface area contributed by atoms with Crippen molar-refractivity contribution in [2.24, 2.45) is 0 Å². The van der Waals surface area contributed by atoms with Gasteiger partial charge in [-0.1, -0.05) is 6.92 Å². The van der Waals surface area contributed by atoms with Gasteiger partial charge in [-0.3, -0.25) is 4.68 Å². The fourth-order valence-electron chi connectivity index (χ4n) is 1.40. The van der Waals surface area contributed by atoms with Crippen molar-refractivity contribution in [1.29, 1.82) is 0 Å². The molecule has 0 spiro atoms. The molecule has 1 saturated carbocycles. The van der Waals surface area contributed by atoms with Gasteiger partial charge in [0, 0.05) is 30.9 Å². The number of aryl methyl sites for hydroxylation is 1. The van der Waals surface area contributed by atoms with E-state index in [4.69, 9.17) is 0 Å². The number of nitrogens with one attached hydrogen (secondary N) is 1. The van der Waals surface area contributed by atoms with E-state index < -0.39 is 0 Å². The van der Waals surface area contributed by atoms with E-state index in [0.717, 1.165) is 25.6 Å². The summed E-state index contributed by atoms with van der Waals surface area (Å²) in [6.07, 6.45) is 7.95. The Hall–Kier alpha value is -0.830. The molecule has 0 saturated heterocycles. The molecule has 1 aliphatic carbocycles. The van der Waals surface area contributed by atoms with E-state index in [9.17, 15) is 0 Å². The van der Waals surface area contributed by atoms with E-state index in [0.29, 0.717) is 0 Å². The number of nitrogens with zero attached hydrogens (tertiary/aromatic N) is 2. The zero-order chi connectivity index (χ0) is 9.10. The maximum absolute atomic E-state index is 4.28. The number of hydrogen-bond donors (Lipinski definition) is 1. The second-order valence-electron chi connectivity index (χ2n) is 3.77. The summed E-state index contributed by atoms with van der Waals surface area (Å²) in [5, 5.41) is 7.76. The Labute approximate surface area is 79.1 Å². The summed E-state index contributed by atoms with van der Waals surface area (Å²) < 4.78 is 2.02. The Morgan fingerprint density at radius 3 is 3.15 bits per heavy atom. The fraction of sp³-hybridized carbons (Fsp3) is 0.700. The highest BCUT2D eigenvalue weighted by Gasteiger charge is 2.19. The molecule has 1 fully saturated rings. The van der Waals surface area contributed by atoms with Gasteiger partial charge in [0.1, 0.15) is 0 Å². The van der Waals surface area contributed by atoms with Gasteiger partial charge in [0.25, 0.3) is 0 Å². The largest absolute Gasteiger partial charge is 0.310 e. The highest BCUT2D eigenvalue weighted by atomic mass is 15.3. The van der Waals surface area contributed by atoms with Crippen molar-refractivity contribution in [3.8, 4) is 0 Å². The minimum Gasteiger partial charge on any atom is -0.310 e. The van der Waals surface area contributed by atoms with E-state index in [2.05, 4.69) is 23.5 Å². The number of hydrogen-bond acceptors (Lipinski definition) is 2. The maximum Gasteiger partial charge on any atom is 0.0534 e. The summed E-state index contributed by atoms with van der Waals surface area (Å²) in [5.41, 5.74) is 1.31. The van der Waals surface area contributed by atoms with Gasteiger partial charge in [-0.15, -0.1) is 0 Å². The molecule has 1 N–H and O–H groups in total. The minimum absolute atomic E-state index is 0.787. The topological polar surface area (TPSA) is 29.9 Å². The third-order valence-electron chi connectivity index (χ3n) is 2.31. The van der Waals surface area contributed by atoms with Crippen LogP contribution < -0.4 is 5.32 Å². The van der Waals surface area contributed by atoms with E-state index in [1.54, 1.807) is 0 Å². The third kappa shape index (κ3) is 2.56. The van der Waals surface area contributed by atoms with Gasteiger partial charge in [-0.25, -0.2) is 0 Å². The molecule has 13 heavy (non-hydrogen) atoms. The van der Waals surface area contributed by atoms with Gasteiger partial charge in [-0.05, 0) is 19.3 Å². The highest BCUT2D eigenvalue weighted by molar-refractivity contribution is 5.04. The van der Waals surface area contributed by atoms with Crippen LogP contribution in [0.15, 0.2) is 12.4 Å². The van der Waals surface area contributed by atoms with Crippen molar-refractivity contribution in [2.75, 3.05) is 0 Å². The summed E-state index contributed by atoms with van der Waals surface area (Å²) in [6, 6.07) is 0.787. The Morgan fingerprint density at radius 1 is 1.62 bits per heavy atom. The summed E-state index contributed by atoms with van der Waals surface area (Å²) in [4.78, 5) is 0. The van der Waals surface area contributed by atoms with Crippen molar-refractivity contribution in [1.82, 2.24) is 15.1 Å². The molecule has 0 aliphatic heterocycles. The van der Waals surface area contributed by atoms with Crippen molar-refractivity contribution < 1.29 is 0 Å². The van der Waals surface area contributed by atoms with Crippen molar-refractivity contribution >= 4 is 0 Å². The Bertz CT molecular complexity index is 263. The standard InChI is InChI=1S/C10H17N3/c1-2-5-13-8-9(7-12-13)6-11-10-3-4-10/h7-8,10-11H,2-6H2,1H3. The first kappa shape index (κ1) is 8.75. The molecule has 2 rings (SSSR count). The molecule has 1 aromatic heterocycles. The van der Waals surface area contributed by atoms with Crippen LogP contribution in [0.1, 0.15) is 31.7 Å². The maximum atomic E-state index is 4.28. The van der Waals surface area contributed by atoms with Crippen LogP contribution in [0.4, 0.5) is 0 Å². The second kappa shape index (κ2) is 3.92. The first-order valence-electron chi connectivity index (χ1n) is 5.13.